The molecule has 0 fully saturated rings. The number of aryl methyl sites for hydroxylation is 2. The summed E-state index contributed by atoms with van der Waals surface area (Å²) >= 11 is 6.24. The van der Waals surface area contributed by atoms with E-state index >= 15 is 0 Å². The number of halogens is 2. The Balaban J connectivity index is 1.91. The largest absolute Gasteiger partial charge is 0.348 e. The molecule has 0 aliphatic rings. The van der Waals surface area contributed by atoms with Crippen LogP contribution in [0.2, 0.25) is 5.02 Å². The Hall–Kier alpha value is -2.90. The van der Waals surface area contributed by atoms with Gasteiger partial charge in [-0.25, -0.2) is 12.8 Å². The highest BCUT2D eigenvalue weighted by Crippen LogP contribution is 2.28. The van der Waals surface area contributed by atoms with E-state index in [1.807, 2.05) is 13.8 Å². The predicted molar refractivity (Wildman–Crippen MR) is 125 cm³/mol. The Morgan fingerprint density at radius 3 is 2.25 bits per heavy atom. The highest BCUT2D eigenvalue weighted by Gasteiger charge is 2.28. The van der Waals surface area contributed by atoms with Crippen LogP contribution in [0.4, 0.5) is 10.1 Å². The molecule has 32 heavy (non-hydrogen) atoms. The average molecular weight is 475 g/mol. The SMILES string of the molecule is Cc1ccc(S(=O)(=O)N(CC(=O)N[C@H](C)c2ccc(F)cc2)c2ccc(C)c(Cl)c2)cc1. The number of carbonyl (C=O) groups is 1. The van der Waals surface area contributed by atoms with Gasteiger partial charge in [0.1, 0.15) is 12.4 Å². The Kier molecular flexibility index (Phi) is 7.21. The summed E-state index contributed by atoms with van der Waals surface area (Å²) < 4.78 is 41.1. The first-order valence-corrected chi connectivity index (χ1v) is 11.8. The van der Waals surface area contributed by atoms with Crippen molar-refractivity contribution in [3.63, 3.8) is 0 Å². The van der Waals surface area contributed by atoms with Crippen molar-refractivity contribution >= 4 is 33.2 Å². The number of hydrogen-bond donors (Lipinski definition) is 1. The smallest absolute Gasteiger partial charge is 0.264 e. The molecule has 0 spiro atoms. The van der Waals surface area contributed by atoms with Gasteiger partial charge in [0.25, 0.3) is 10.0 Å². The number of amides is 1. The summed E-state index contributed by atoms with van der Waals surface area (Å²) in [4.78, 5) is 12.9. The van der Waals surface area contributed by atoms with Crippen LogP contribution in [0, 0.1) is 19.7 Å². The summed E-state index contributed by atoms with van der Waals surface area (Å²) in [6, 6.07) is 16.6. The molecule has 3 aromatic rings. The Morgan fingerprint density at radius 2 is 1.66 bits per heavy atom. The van der Waals surface area contributed by atoms with Crippen LogP contribution in [-0.2, 0) is 14.8 Å². The van der Waals surface area contributed by atoms with Gasteiger partial charge in [-0.05, 0) is 68.3 Å². The maximum atomic E-state index is 13.4. The normalized spacial score (nSPS) is 12.3. The van der Waals surface area contributed by atoms with E-state index in [9.17, 15) is 17.6 Å². The first-order valence-electron chi connectivity index (χ1n) is 9.98. The summed E-state index contributed by atoms with van der Waals surface area (Å²) in [6.07, 6.45) is 0. The van der Waals surface area contributed by atoms with Crippen molar-refractivity contribution in [3.8, 4) is 0 Å². The summed E-state index contributed by atoms with van der Waals surface area (Å²) in [6.45, 7) is 4.97. The van der Waals surface area contributed by atoms with Gasteiger partial charge in [0.2, 0.25) is 5.91 Å². The van der Waals surface area contributed by atoms with Crippen molar-refractivity contribution in [1.29, 1.82) is 0 Å². The van der Waals surface area contributed by atoms with E-state index in [1.165, 1.54) is 30.3 Å². The molecule has 0 saturated heterocycles. The van der Waals surface area contributed by atoms with Crippen molar-refractivity contribution in [2.45, 2.75) is 31.7 Å². The number of carbonyl (C=O) groups excluding carboxylic acids is 1. The second-order valence-electron chi connectivity index (χ2n) is 7.60. The number of rotatable bonds is 7. The molecule has 1 atom stereocenters. The van der Waals surface area contributed by atoms with Gasteiger partial charge in [-0.3, -0.25) is 9.10 Å². The number of nitrogens with one attached hydrogen (secondary N) is 1. The van der Waals surface area contributed by atoms with Crippen molar-refractivity contribution in [3.05, 3.63) is 94.3 Å². The predicted octanol–water partition coefficient (Wildman–Crippen LogP) is 5.17. The van der Waals surface area contributed by atoms with E-state index in [2.05, 4.69) is 5.32 Å². The van der Waals surface area contributed by atoms with E-state index in [-0.39, 0.29) is 16.4 Å². The van der Waals surface area contributed by atoms with Gasteiger partial charge in [-0.1, -0.05) is 47.5 Å². The molecule has 0 radical (unpaired) electrons. The molecule has 0 aliphatic carbocycles. The minimum Gasteiger partial charge on any atom is -0.348 e. The molecule has 0 bridgehead atoms. The third kappa shape index (κ3) is 5.47. The lowest BCUT2D eigenvalue weighted by Crippen LogP contribution is -2.41. The summed E-state index contributed by atoms with van der Waals surface area (Å²) in [5.41, 5.74) is 2.69. The van der Waals surface area contributed by atoms with Crippen LogP contribution in [0.3, 0.4) is 0 Å². The first kappa shape index (κ1) is 23.8. The molecule has 0 unspecified atom stereocenters. The molecule has 0 heterocycles. The molecule has 3 rings (SSSR count). The zero-order valence-electron chi connectivity index (χ0n) is 18.0. The molecule has 0 aliphatic heterocycles. The maximum Gasteiger partial charge on any atom is 0.264 e. The zero-order chi connectivity index (χ0) is 23.5. The number of sulfonamides is 1. The van der Waals surface area contributed by atoms with E-state index in [0.717, 1.165) is 15.4 Å². The third-order valence-electron chi connectivity index (χ3n) is 5.09. The Morgan fingerprint density at radius 1 is 1.03 bits per heavy atom. The van der Waals surface area contributed by atoms with Crippen LogP contribution < -0.4 is 9.62 Å². The lowest BCUT2D eigenvalue weighted by atomic mass is 10.1. The second-order valence-corrected chi connectivity index (χ2v) is 9.87. The summed E-state index contributed by atoms with van der Waals surface area (Å²) in [7, 11) is -4.04. The van der Waals surface area contributed by atoms with Crippen LogP contribution in [0.1, 0.15) is 29.7 Å². The van der Waals surface area contributed by atoms with Crippen molar-refractivity contribution in [2.24, 2.45) is 0 Å². The minimum atomic E-state index is -4.04. The fraction of sp³-hybridized carbons (Fsp3) is 0.208. The van der Waals surface area contributed by atoms with Gasteiger partial charge in [0, 0.05) is 5.02 Å². The number of anilines is 1. The molecule has 168 valence electrons. The maximum absolute atomic E-state index is 13.4. The molecule has 5 nitrogen and oxygen atoms in total. The molecule has 1 amide bonds. The molecule has 3 aromatic carbocycles. The van der Waals surface area contributed by atoms with E-state index < -0.39 is 28.5 Å². The van der Waals surface area contributed by atoms with Gasteiger partial charge < -0.3 is 5.32 Å². The van der Waals surface area contributed by atoms with Gasteiger partial charge in [-0.2, -0.15) is 0 Å². The standard InChI is InChI=1S/C24H24ClFN2O3S/c1-16-4-12-22(13-5-16)32(30,31)28(21-11-6-17(2)23(25)14-21)15-24(29)27-18(3)19-7-9-20(26)10-8-19/h4-14,18H,15H2,1-3H3,(H,27,29)/t18-/m1/s1. The van der Waals surface area contributed by atoms with E-state index in [4.69, 9.17) is 11.6 Å². The number of nitrogens with zero attached hydrogens (tertiary/aromatic N) is 1. The summed E-state index contributed by atoms with van der Waals surface area (Å²) in [5, 5.41) is 3.17. The van der Waals surface area contributed by atoms with Gasteiger partial charge in [0.15, 0.2) is 0 Å². The molecule has 0 aromatic heterocycles. The van der Waals surface area contributed by atoms with Crippen LogP contribution in [0.15, 0.2) is 71.6 Å². The highest BCUT2D eigenvalue weighted by molar-refractivity contribution is 7.92. The van der Waals surface area contributed by atoms with Crippen LogP contribution in [0.25, 0.3) is 0 Å². The van der Waals surface area contributed by atoms with Gasteiger partial charge in [0.05, 0.1) is 16.6 Å². The molecular weight excluding hydrogens is 451 g/mol. The zero-order valence-corrected chi connectivity index (χ0v) is 19.5. The number of benzene rings is 3. The molecular formula is C24H24ClFN2O3S. The first-order chi connectivity index (χ1) is 15.1. The van der Waals surface area contributed by atoms with Crippen LogP contribution in [-0.4, -0.2) is 20.9 Å². The fourth-order valence-electron chi connectivity index (χ4n) is 3.14. The Bertz CT molecular complexity index is 1210. The lowest BCUT2D eigenvalue weighted by molar-refractivity contribution is -0.120. The minimum absolute atomic E-state index is 0.0687. The quantitative estimate of drug-likeness (QED) is 0.513. The highest BCUT2D eigenvalue weighted by atomic mass is 35.5. The van der Waals surface area contributed by atoms with Gasteiger partial charge in [-0.15, -0.1) is 0 Å². The molecule has 0 saturated carbocycles. The number of hydrogen-bond acceptors (Lipinski definition) is 3. The third-order valence-corrected chi connectivity index (χ3v) is 7.28. The van der Waals surface area contributed by atoms with Crippen LogP contribution in [0.5, 0.6) is 0 Å². The monoisotopic (exact) mass is 474 g/mol. The lowest BCUT2D eigenvalue weighted by Gasteiger charge is -2.25. The van der Waals surface area contributed by atoms with Crippen molar-refractivity contribution < 1.29 is 17.6 Å². The topological polar surface area (TPSA) is 66.5 Å². The van der Waals surface area contributed by atoms with Crippen LogP contribution >= 0.6 is 11.6 Å². The average Bonchev–Trinajstić information content (AvgIpc) is 2.74. The van der Waals surface area contributed by atoms with E-state index in [0.29, 0.717) is 10.6 Å². The molecule has 8 heteroatoms. The second kappa shape index (κ2) is 9.71. The van der Waals surface area contributed by atoms with Crippen molar-refractivity contribution in [1.82, 2.24) is 5.32 Å². The Labute approximate surface area is 192 Å². The van der Waals surface area contributed by atoms with Crippen molar-refractivity contribution in [2.75, 3.05) is 10.8 Å². The summed E-state index contributed by atoms with van der Waals surface area (Å²) in [5.74, 6) is -0.881. The molecule has 1 N–H and O–H groups in total. The van der Waals surface area contributed by atoms with Gasteiger partial charge >= 0.3 is 0 Å². The van der Waals surface area contributed by atoms with E-state index in [1.54, 1.807) is 43.3 Å². The fourth-order valence-corrected chi connectivity index (χ4v) is 4.73.